The first-order valence-electron chi connectivity index (χ1n) is 3.95. The van der Waals surface area contributed by atoms with Gasteiger partial charge in [-0.3, -0.25) is 4.79 Å². The summed E-state index contributed by atoms with van der Waals surface area (Å²) in [5.74, 6) is -0.855. The zero-order valence-corrected chi connectivity index (χ0v) is 11.8. The van der Waals surface area contributed by atoms with E-state index in [1.54, 1.807) is 18.2 Å². The van der Waals surface area contributed by atoms with Gasteiger partial charge in [0, 0.05) is 20.8 Å². The number of rotatable bonds is 3. The van der Waals surface area contributed by atoms with Crippen LogP contribution < -0.4 is 0 Å². The maximum absolute atomic E-state index is 11.5. The fraction of sp³-hybridized carbons (Fsp3) is 0.222. The van der Waals surface area contributed by atoms with Gasteiger partial charge < -0.3 is 0 Å². The summed E-state index contributed by atoms with van der Waals surface area (Å²) in [5, 5.41) is 0. The maximum Gasteiger partial charge on any atom is 0.177 e. The molecule has 0 saturated heterocycles. The molecule has 0 aromatic heterocycles. The molecule has 0 N–H and O–H groups in total. The van der Waals surface area contributed by atoms with Gasteiger partial charge in [0.05, 0.1) is 0 Å². The largest absolute Gasteiger partial charge is 0.293 e. The second-order valence-electron chi connectivity index (χ2n) is 3.12. The monoisotopic (exact) mass is 354 g/mol. The van der Waals surface area contributed by atoms with Crippen LogP contribution in [0.4, 0.5) is 0 Å². The zero-order chi connectivity index (χ0) is 11.6. The molecule has 6 heteroatoms. The molecule has 3 nitrogen and oxygen atoms in total. The van der Waals surface area contributed by atoms with Crippen molar-refractivity contribution in [3.05, 3.63) is 32.7 Å². The average Bonchev–Trinajstić information content (AvgIpc) is 2.06. The van der Waals surface area contributed by atoms with Crippen LogP contribution in [-0.2, 0) is 9.84 Å². The van der Waals surface area contributed by atoms with Gasteiger partial charge in [-0.05, 0) is 44.0 Å². The highest BCUT2D eigenvalue weighted by Crippen LogP contribution is 2.24. The molecule has 0 heterocycles. The zero-order valence-electron chi connectivity index (χ0n) is 7.83. The molecule has 0 atom stereocenters. The molecule has 0 saturated carbocycles. The molecule has 0 spiro atoms. The molecule has 15 heavy (non-hydrogen) atoms. The lowest BCUT2D eigenvalue weighted by Crippen LogP contribution is -2.14. The van der Waals surface area contributed by atoms with E-state index in [4.69, 9.17) is 0 Å². The first kappa shape index (κ1) is 12.9. The SMILES string of the molecule is CS(=O)(=O)CC(=O)c1ccc(Br)c(Br)c1. The van der Waals surface area contributed by atoms with Crippen molar-refractivity contribution in [2.24, 2.45) is 0 Å². The van der Waals surface area contributed by atoms with Crippen LogP contribution >= 0.6 is 31.9 Å². The Kier molecular flexibility index (Phi) is 4.08. The van der Waals surface area contributed by atoms with Crippen LogP contribution in [0.1, 0.15) is 10.4 Å². The van der Waals surface area contributed by atoms with Crippen molar-refractivity contribution < 1.29 is 13.2 Å². The van der Waals surface area contributed by atoms with Gasteiger partial charge in [0.25, 0.3) is 0 Å². The number of carbonyl (C=O) groups excluding carboxylic acids is 1. The van der Waals surface area contributed by atoms with E-state index in [0.29, 0.717) is 5.56 Å². The number of ketones is 1. The summed E-state index contributed by atoms with van der Waals surface area (Å²) >= 11 is 6.51. The third-order valence-corrected chi connectivity index (χ3v) is 4.30. The van der Waals surface area contributed by atoms with Crippen molar-refractivity contribution in [2.75, 3.05) is 12.0 Å². The predicted octanol–water partition coefficient (Wildman–Crippen LogP) is 2.44. The fourth-order valence-electron chi connectivity index (χ4n) is 0.991. The minimum atomic E-state index is -3.27. The van der Waals surface area contributed by atoms with Crippen LogP contribution in [0.25, 0.3) is 0 Å². The standard InChI is InChI=1S/C9H8Br2O3S/c1-15(13,14)5-9(12)6-2-3-7(10)8(11)4-6/h2-4H,5H2,1H3. The van der Waals surface area contributed by atoms with Crippen LogP contribution in [0.5, 0.6) is 0 Å². The normalized spacial score (nSPS) is 11.4. The number of hydrogen-bond acceptors (Lipinski definition) is 3. The molecule has 82 valence electrons. The summed E-state index contributed by atoms with van der Waals surface area (Å²) < 4.78 is 23.4. The molecule has 0 aliphatic carbocycles. The molecule has 0 aliphatic rings. The highest BCUT2D eigenvalue weighted by Gasteiger charge is 2.13. The Morgan fingerprint density at radius 1 is 1.27 bits per heavy atom. The second-order valence-corrected chi connectivity index (χ2v) is 6.97. The molecular weight excluding hydrogens is 348 g/mol. The van der Waals surface area contributed by atoms with Crippen LogP contribution in [-0.4, -0.2) is 26.2 Å². The Hall–Kier alpha value is -0.200. The third-order valence-electron chi connectivity index (χ3n) is 1.63. The number of carbonyl (C=O) groups is 1. The van der Waals surface area contributed by atoms with Crippen LogP contribution in [0.2, 0.25) is 0 Å². The molecule has 0 bridgehead atoms. The van der Waals surface area contributed by atoms with Gasteiger partial charge in [-0.25, -0.2) is 8.42 Å². The number of sulfone groups is 1. The van der Waals surface area contributed by atoms with E-state index in [-0.39, 0.29) is 0 Å². The van der Waals surface area contributed by atoms with E-state index in [1.165, 1.54) is 0 Å². The molecule has 0 radical (unpaired) electrons. The summed E-state index contributed by atoms with van der Waals surface area (Å²) in [6.07, 6.45) is 1.04. The van der Waals surface area contributed by atoms with Gasteiger partial charge >= 0.3 is 0 Å². The lowest BCUT2D eigenvalue weighted by Gasteiger charge is -2.01. The Morgan fingerprint density at radius 3 is 2.33 bits per heavy atom. The van der Waals surface area contributed by atoms with Gasteiger partial charge in [0.15, 0.2) is 15.6 Å². The lowest BCUT2D eigenvalue weighted by atomic mass is 10.1. The van der Waals surface area contributed by atoms with E-state index >= 15 is 0 Å². The first-order valence-corrected chi connectivity index (χ1v) is 7.60. The van der Waals surface area contributed by atoms with Crippen molar-refractivity contribution in [1.29, 1.82) is 0 Å². The number of Topliss-reactive ketones (excluding diaryl/α,β-unsaturated/α-hetero) is 1. The smallest absolute Gasteiger partial charge is 0.177 e. The van der Waals surface area contributed by atoms with Crippen molar-refractivity contribution in [1.82, 2.24) is 0 Å². The van der Waals surface area contributed by atoms with Crippen molar-refractivity contribution in [2.45, 2.75) is 0 Å². The van der Waals surface area contributed by atoms with E-state index < -0.39 is 21.4 Å². The summed E-state index contributed by atoms with van der Waals surface area (Å²) in [4.78, 5) is 11.5. The maximum atomic E-state index is 11.5. The minimum Gasteiger partial charge on any atom is -0.293 e. The van der Waals surface area contributed by atoms with E-state index in [0.717, 1.165) is 15.2 Å². The molecule has 0 amide bonds. The first-order chi connectivity index (χ1) is 6.79. The Bertz CT molecular complexity index is 494. The van der Waals surface area contributed by atoms with Gasteiger partial charge in [-0.1, -0.05) is 6.07 Å². The van der Waals surface area contributed by atoms with Crippen LogP contribution in [0.3, 0.4) is 0 Å². The second kappa shape index (κ2) is 4.76. The lowest BCUT2D eigenvalue weighted by molar-refractivity contribution is 0.102. The Labute approximate surface area is 105 Å². The summed E-state index contributed by atoms with van der Waals surface area (Å²) in [7, 11) is -3.27. The Balaban J connectivity index is 2.98. The predicted molar refractivity (Wildman–Crippen MR) is 65.9 cm³/mol. The quantitative estimate of drug-likeness (QED) is 0.782. The van der Waals surface area contributed by atoms with Crippen molar-refractivity contribution in [3.63, 3.8) is 0 Å². The fourth-order valence-corrected chi connectivity index (χ4v) is 2.26. The van der Waals surface area contributed by atoms with Crippen molar-refractivity contribution in [3.8, 4) is 0 Å². The average molecular weight is 356 g/mol. The van der Waals surface area contributed by atoms with Crippen LogP contribution in [0, 0.1) is 0 Å². The molecule has 1 rings (SSSR count). The van der Waals surface area contributed by atoms with Gasteiger partial charge in [0.2, 0.25) is 0 Å². The van der Waals surface area contributed by atoms with E-state index in [1.807, 2.05) is 0 Å². The minimum absolute atomic E-state index is 0.385. The topological polar surface area (TPSA) is 51.2 Å². The molecule has 0 fully saturated rings. The highest BCUT2D eigenvalue weighted by atomic mass is 79.9. The molecule has 1 aromatic carbocycles. The highest BCUT2D eigenvalue weighted by molar-refractivity contribution is 9.13. The number of halogens is 2. The Morgan fingerprint density at radius 2 is 1.87 bits per heavy atom. The van der Waals surface area contributed by atoms with Crippen LogP contribution in [0.15, 0.2) is 27.1 Å². The summed E-state index contributed by atoms with van der Waals surface area (Å²) in [6.45, 7) is 0. The van der Waals surface area contributed by atoms with Gasteiger partial charge in [-0.2, -0.15) is 0 Å². The summed E-state index contributed by atoms with van der Waals surface area (Å²) in [6, 6.07) is 4.87. The number of benzene rings is 1. The van der Waals surface area contributed by atoms with Crippen molar-refractivity contribution >= 4 is 47.5 Å². The van der Waals surface area contributed by atoms with Gasteiger partial charge in [0.1, 0.15) is 5.75 Å². The molecule has 0 unspecified atom stereocenters. The summed E-state index contributed by atoms with van der Waals surface area (Å²) in [5.41, 5.74) is 0.385. The van der Waals surface area contributed by atoms with Gasteiger partial charge in [-0.15, -0.1) is 0 Å². The molecule has 1 aromatic rings. The molecular formula is C9H8Br2O3S. The molecule has 0 aliphatic heterocycles. The third kappa shape index (κ3) is 4.04. The van der Waals surface area contributed by atoms with E-state index in [9.17, 15) is 13.2 Å². The number of hydrogen-bond donors (Lipinski definition) is 0. The van der Waals surface area contributed by atoms with E-state index in [2.05, 4.69) is 31.9 Å².